The second-order valence-corrected chi connectivity index (χ2v) is 4.69. The fourth-order valence-corrected chi connectivity index (χ4v) is 1.16. The first-order chi connectivity index (χ1) is 8.73. The molecule has 0 fully saturated rings. The topological polar surface area (TPSA) is 111 Å². The molecule has 0 aliphatic rings. The zero-order valence-electron chi connectivity index (χ0n) is 11.1. The number of aryl methyl sites for hydroxylation is 1. The smallest absolute Gasteiger partial charge is 0.413 e. The molecule has 1 aromatic rings. The third-order valence-corrected chi connectivity index (χ3v) is 1.83. The standard InChI is InChI=1S/C11H15N3O5/c1-6-12-5-7(9(15)19-17)8(13-6)14-10(16)18-11(2,3)4/h5,17H,1-4H3,(H,12,13,14,16). The number of carbonyl (C=O) groups is 2. The zero-order chi connectivity index (χ0) is 14.6. The third-order valence-electron chi connectivity index (χ3n) is 1.83. The highest BCUT2D eigenvalue weighted by Gasteiger charge is 2.21. The van der Waals surface area contributed by atoms with E-state index in [0.717, 1.165) is 6.20 Å². The summed E-state index contributed by atoms with van der Waals surface area (Å²) >= 11 is 0. The minimum atomic E-state index is -1.08. The van der Waals surface area contributed by atoms with Crippen LogP contribution >= 0.6 is 0 Å². The lowest BCUT2D eigenvalue weighted by atomic mass is 10.2. The van der Waals surface area contributed by atoms with Crippen LogP contribution in [0.2, 0.25) is 0 Å². The van der Waals surface area contributed by atoms with E-state index < -0.39 is 17.7 Å². The van der Waals surface area contributed by atoms with Crippen LogP contribution in [0.3, 0.4) is 0 Å². The van der Waals surface area contributed by atoms with E-state index in [1.807, 2.05) is 0 Å². The second kappa shape index (κ2) is 5.61. The number of ether oxygens (including phenoxy) is 1. The molecule has 1 heterocycles. The Morgan fingerprint density at radius 2 is 2.00 bits per heavy atom. The van der Waals surface area contributed by atoms with E-state index in [2.05, 4.69) is 20.2 Å². The summed E-state index contributed by atoms with van der Waals surface area (Å²) in [6, 6.07) is 0. The second-order valence-electron chi connectivity index (χ2n) is 4.69. The Hall–Kier alpha value is -2.22. The van der Waals surface area contributed by atoms with Gasteiger partial charge in [-0.2, -0.15) is 5.26 Å². The van der Waals surface area contributed by atoms with Crippen LogP contribution in [0.25, 0.3) is 0 Å². The van der Waals surface area contributed by atoms with Crippen molar-refractivity contribution in [1.29, 1.82) is 0 Å². The first-order valence-electron chi connectivity index (χ1n) is 5.42. The Kier molecular flexibility index (Phi) is 4.38. The zero-order valence-corrected chi connectivity index (χ0v) is 11.1. The number of amides is 1. The molecule has 19 heavy (non-hydrogen) atoms. The summed E-state index contributed by atoms with van der Waals surface area (Å²) in [6.45, 7) is 6.66. The van der Waals surface area contributed by atoms with E-state index in [1.54, 1.807) is 27.7 Å². The lowest BCUT2D eigenvalue weighted by molar-refractivity contribution is -0.182. The average Bonchev–Trinajstić information content (AvgIpc) is 2.25. The molecule has 0 unspecified atom stereocenters. The van der Waals surface area contributed by atoms with Gasteiger partial charge in [0.25, 0.3) is 0 Å². The summed E-state index contributed by atoms with van der Waals surface area (Å²) in [5.41, 5.74) is -0.872. The molecular weight excluding hydrogens is 254 g/mol. The monoisotopic (exact) mass is 269 g/mol. The fraction of sp³-hybridized carbons (Fsp3) is 0.455. The number of nitrogens with one attached hydrogen (secondary N) is 1. The van der Waals surface area contributed by atoms with Gasteiger partial charge in [-0.1, -0.05) is 0 Å². The van der Waals surface area contributed by atoms with Gasteiger partial charge in [0, 0.05) is 6.20 Å². The summed E-state index contributed by atoms with van der Waals surface area (Å²) in [4.78, 5) is 34.1. The van der Waals surface area contributed by atoms with Crippen molar-refractivity contribution in [2.24, 2.45) is 0 Å². The van der Waals surface area contributed by atoms with Crippen LogP contribution in [-0.2, 0) is 9.62 Å². The molecule has 1 amide bonds. The van der Waals surface area contributed by atoms with Crippen LogP contribution in [0.15, 0.2) is 6.20 Å². The number of aromatic nitrogens is 2. The van der Waals surface area contributed by atoms with Crippen molar-refractivity contribution >= 4 is 17.9 Å². The molecule has 1 aromatic heterocycles. The molecule has 0 radical (unpaired) electrons. The minimum absolute atomic E-state index is 0.0965. The molecule has 0 aliphatic carbocycles. The molecule has 0 aromatic carbocycles. The first-order valence-corrected chi connectivity index (χ1v) is 5.42. The molecule has 0 saturated carbocycles. The lowest BCUT2D eigenvalue weighted by Crippen LogP contribution is -2.28. The van der Waals surface area contributed by atoms with Gasteiger partial charge < -0.3 is 4.74 Å². The predicted octanol–water partition coefficient (Wildman–Crippen LogP) is 1.76. The third kappa shape index (κ3) is 4.51. The fourth-order valence-electron chi connectivity index (χ4n) is 1.16. The molecule has 1 rings (SSSR count). The van der Waals surface area contributed by atoms with Gasteiger partial charge in [-0.25, -0.2) is 19.6 Å². The van der Waals surface area contributed by atoms with Crippen molar-refractivity contribution in [3.05, 3.63) is 17.6 Å². The van der Waals surface area contributed by atoms with Crippen LogP contribution < -0.4 is 5.32 Å². The summed E-state index contributed by atoms with van der Waals surface area (Å²) in [7, 11) is 0. The number of hydrogen-bond donors (Lipinski definition) is 2. The van der Waals surface area contributed by atoms with Crippen molar-refractivity contribution in [1.82, 2.24) is 9.97 Å². The van der Waals surface area contributed by atoms with Gasteiger partial charge in [-0.15, -0.1) is 0 Å². The van der Waals surface area contributed by atoms with Gasteiger partial charge in [0.05, 0.1) is 0 Å². The molecule has 0 aliphatic heterocycles. The maximum absolute atomic E-state index is 11.6. The van der Waals surface area contributed by atoms with Crippen LogP contribution in [0.1, 0.15) is 37.0 Å². The van der Waals surface area contributed by atoms with Gasteiger partial charge >= 0.3 is 12.1 Å². The molecule has 8 heteroatoms. The normalized spacial score (nSPS) is 10.8. The van der Waals surface area contributed by atoms with E-state index in [1.165, 1.54) is 0 Å². The quantitative estimate of drug-likeness (QED) is 0.621. The Balaban J connectivity index is 2.96. The van der Waals surface area contributed by atoms with E-state index in [0.29, 0.717) is 5.82 Å². The Bertz CT molecular complexity index is 496. The Morgan fingerprint density at radius 1 is 1.37 bits per heavy atom. The summed E-state index contributed by atoms with van der Waals surface area (Å²) in [5, 5.41) is 10.7. The van der Waals surface area contributed by atoms with Crippen molar-refractivity contribution in [3.63, 3.8) is 0 Å². The average molecular weight is 269 g/mol. The first kappa shape index (κ1) is 14.8. The highest BCUT2D eigenvalue weighted by molar-refractivity contribution is 5.97. The minimum Gasteiger partial charge on any atom is -0.444 e. The van der Waals surface area contributed by atoms with Crippen LogP contribution in [0.4, 0.5) is 10.6 Å². The molecule has 0 atom stereocenters. The number of hydrogen-bond acceptors (Lipinski definition) is 7. The van der Waals surface area contributed by atoms with Gasteiger partial charge in [0.15, 0.2) is 5.82 Å². The maximum atomic E-state index is 11.6. The Morgan fingerprint density at radius 3 is 2.53 bits per heavy atom. The number of carbonyl (C=O) groups excluding carboxylic acids is 2. The summed E-state index contributed by atoms with van der Waals surface area (Å²) < 4.78 is 5.02. The molecule has 2 N–H and O–H groups in total. The maximum Gasteiger partial charge on any atom is 0.413 e. The molecule has 0 bridgehead atoms. The van der Waals surface area contributed by atoms with E-state index in [9.17, 15) is 9.59 Å². The Labute approximate surface area is 109 Å². The van der Waals surface area contributed by atoms with Crippen molar-refractivity contribution in [2.45, 2.75) is 33.3 Å². The van der Waals surface area contributed by atoms with E-state index in [-0.39, 0.29) is 11.4 Å². The van der Waals surface area contributed by atoms with E-state index in [4.69, 9.17) is 9.99 Å². The predicted molar refractivity (Wildman–Crippen MR) is 64.7 cm³/mol. The highest BCUT2D eigenvalue weighted by Crippen LogP contribution is 2.15. The molecule has 0 spiro atoms. The van der Waals surface area contributed by atoms with Crippen LogP contribution in [-0.4, -0.2) is 32.9 Å². The van der Waals surface area contributed by atoms with E-state index >= 15 is 0 Å². The number of nitrogens with zero attached hydrogens (tertiary/aromatic N) is 2. The molecule has 8 nitrogen and oxygen atoms in total. The summed E-state index contributed by atoms with van der Waals surface area (Å²) in [5.74, 6) is -0.840. The van der Waals surface area contributed by atoms with Gasteiger partial charge in [-0.3, -0.25) is 10.2 Å². The lowest BCUT2D eigenvalue weighted by Gasteiger charge is -2.19. The van der Waals surface area contributed by atoms with Crippen molar-refractivity contribution < 1.29 is 24.5 Å². The van der Waals surface area contributed by atoms with Gasteiger partial charge in [0.1, 0.15) is 17.0 Å². The largest absolute Gasteiger partial charge is 0.444 e. The summed E-state index contributed by atoms with van der Waals surface area (Å²) in [6.07, 6.45) is 0.353. The van der Waals surface area contributed by atoms with Crippen LogP contribution in [0, 0.1) is 6.92 Å². The van der Waals surface area contributed by atoms with Crippen molar-refractivity contribution in [3.8, 4) is 0 Å². The molecule has 0 saturated heterocycles. The van der Waals surface area contributed by atoms with Gasteiger partial charge in [0.2, 0.25) is 0 Å². The number of rotatable bonds is 2. The van der Waals surface area contributed by atoms with Gasteiger partial charge in [-0.05, 0) is 27.7 Å². The van der Waals surface area contributed by atoms with Crippen molar-refractivity contribution in [2.75, 3.05) is 5.32 Å². The molecule has 104 valence electrons. The molecular formula is C11H15N3O5. The number of anilines is 1. The highest BCUT2D eigenvalue weighted by atomic mass is 17.1. The van der Waals surface area contributed by atoms with Crippen LogP contribution in [0.5, 0.6) is 0 Å². The SMILES string of the molecule is Cc1ncc(C(=O)OO)c(NC(=O)OC(C)(C)C)n1.